The van der Waals surface area contributed by atoms with E-state index in [1.165, 1.54) is 29.1 Å². The number of halogens is 1. The Kier molecular flexibility index (Phi) is 5.86. The minimum atomic E-state index is -0.184. The first kappa shape index (κ1) is 19.5. The van der Waals surface area contributed by atoms with Crippen molar-refractivity contribution < 1.29 is 9.18 Å². The first-order chi connectivity index (χ1) is 14.1. The molecular formula is C24H23FN2OS. The molecule has 0 aromatic heterocycles. The molecule has 0 aliphatic carbocycles. The lowest BCUT2D eigenvalue weighted by Gasteiger charge is -2.25. The van der Waals surface area contributed by atoms with Crippen molar-refractivity contribution in [2.45, 2.75) is 30.0 Å². The fourth-order valence-electron chi connectivity index (χ4n) is 3.65. The maximum Gasteiger partial charge on any atom is 0.221 e. The van der Waals surface area contributed by atoms with Gasteiger partial charge in [0.05, 0.1) is 5.69 Å². The Morgan fingerprint density at radius 3 is 2.66 bits per heavy atom. The highest BCUT2D eigenvalue weighted by atomic mass is 32.2. The molecule has 1 N–H and O–H groups in total. The normalized spacial score (nSPS) is 16.1. The van der Waals surface area contributed by atoms with Crippen LogP contribution < -0.4 is 10.2 Å². The predicted octanol–water partition coefficient (Wildman–Crippen LogP) is 6.03. The largest absolute Gasteiger partial charge is 0.366 e. The van der Waals surface area contributed by atoms with E-state index in [2.05, 4.69) is 46.6 Å². The summed E-state index contributed by atoms with van der Waals surface area (Å²) >= 11 is 1.81. The van der Waals surface area contributed by atoms with Crippen molar-refractivity contribution in [1.29, 1.82) is 0 Å². The fraction of sp³-hybridized carbons (Fsp3) is 0.208. The Hall–Kier alpha value is -2.79. The molecular weight excluding hydrogens is 383 g/mol. The molecule has 0 saturated heterocycles. The molecule has 3 nitrogen and oxygen atoms in total. The Morgan fingerprint density at radius 2 is 1.90 bits per heavy atom. The van der Waals surface area contributed by atoms with E-state index in [1.807, 2.05) is 30.0 Å². The molecule has 1 atom stereocenters. The predicted molar refractivity (Wildman–Crippen MR) is 118 cm³/mol. The van der Waals surface area contributed by atoms with E-state index < -0.39 is 0 Å². The number of nitrogens with zero attached hydrogens (tertiary/aromatic N) is 1. The summed E-state index contributed by atoms with van der Waals surface area (Å²) in [6.45, 7) is 3.18. The number of para-hydroxylation sites is 1. The van der Waals surface area contributed by atoms with Crippen molar-refractivity contribution in [2.75, 3.05) is 16.8 Å². The number of anilines is 2. The molecule has 1 amide bonds. The summed E-state index contributed by atoms with van der Waals surface area (Å²) in [6, 6.07) is 23.3. The zero-order valence-corrected chi connectivity index (χ0v) is 17.1. The van der Waals surface area contributed by atoms with Crippen molar-refractivity contribution in [3.8, 4) is 0 Å². The van der Waals surface area contributed by atoms with Crippen LogP contribution in [0.5, 0.6) is 0 Å². The van der Waals surface area contributed by atoms with Gasteiger partial charge in [0, 0.05) is 35.8 Å². The third-order valence-electron chi connectivity index (χ3n) is 5.00. The zero-order valence-electron chi connectivity index (χ0n) is 16.3. The molecule has 1 heterocycles. The highest BCUT2D eigenvalue weighted by molar-refractivity contribution is 7.99. The first-order valence-corrected chi connectivity index (χ1v) is 10.6. The van der Waals surface area contributed by atoms with Crippen LogP contribution in [0.4, 0.5) is 15.8 Å². The van der Waals surface area contributed by atoms with Gasteiger partial charge >= 0.3 is 0 Å². The lowest BCUT2D eigenvalue weighted by Crippen LogP contribution is -2.24. The molecule has 0 spiro atoms. The van der Waals surface area contributed by atoms with Gasteiger partial charge < -0.3 is 10.2 Å². The number of rotatable bonds is 4. The molecule has 5 heteroatoms. The van der Waals surface area contributed by atoms with E-state index in [4.69, 9.17) is 0 Å². The van der Waals surface area contributed by atoms with Crippen LogP contribution in [0.25, 0.3) is 0 Å². The van der Waals surface area contributed by atoms with Crippen LogP contribution in [0.1, 0.15) is 29.7 Å². The number of carbonyl (C=O) groups is 1. The summed E-state index contributed by atoms with van der Waals surface area (Å²) < 4.78 is 13.7. The monoisotopic (exact) mass is 406 g/mol. The number of thioether (sulfide) groups is 1. The average Bonchev–Trinajstić information content (AvgIpc) is 2.89. The molecule has 3 aromatic carbocycles. The quantitative estimate of drug-likeness (QED) is 0.574. The molecule has 0 unspecified atom stereocenters. The molecule has 0 fully saturated rings. The number of hydrogen-bond acceptors (Lipinski definition) is 3. The van der Waals surface area contributed by atoms with Gasteiger partial charge in [-0.05, 0) is 53.9 Å². The van der Waals surface area contributed by atoms with Crippen LogP contribution in [0.3, 0.4) is 0 Å². The van der Waals surface area contributed by atoms with Crippen molar-refractivity contribution in [2.24, 2.45) is 0 Å². The standard InChI is InChI=1S/C24H23FN2OS/c1-17(28)26-21-11-9-18(10-12-21)16-27-14-13-23(19-5-4-6-20(25)15-19)29-24-8-3-2-7-22(24)27/h2-12,15,23H,13-14,16H2,1H3,(H,26,28)/t23-/m1/s1. The Morgan fingerprint density at radius 1 is 1.10 bits per heavy atom. The second kappa shape index (κ2) is 8.70. The smallest absolute Gasteiger partial charge is 0.221 e. The third kappa shape index (κ3) is 4.80. The number of benzene rings is 3. The topological polar surface area (TPSA) is 32.3 Å². The van der Waals surface area contributed by atoms with Gasteiger partial charge in [-0.1, -0.05) is 36.4 Å². The minimum Gasteiger partial charge on any atom is -0.366 e. The van der Waals surface area contributed by atoms with Crippen molar-refractivity contribution in [3.63, 3.8) is 0 Å². The Bertz CT molecular complexity index is 1010. The molecule has 29 heavy (non-hydrogen) atoms. The molecule has 0 saturated carbocycles. The van der Waals surface area contributed by atoms with Gasteiger partial charge in [0.1, 0.15) is 5.82 Å². The molecule has 1 aliphatic heterocycles. The molecule has 4 rings (SSSR count). The Labute approximate surface area is 174 Å². The Balaban J connectivity index is 1.56. The number of amides is 1. The van der Waals surface area contributed by atoms with Gasteiger partial charge in [0.25, 0.3) is 0 Å². The van der Waals surface area contributed by atoms with Crippen molar-refractivity contribution in [1.82, 2.24) is 0 Å². The second-order valence-corrected chi connectivity index (χ2v) is 8.46. The summed E-state index contributed by atoms with van der Waals surface area (Å²) in [4.78, 5) is 14.8. The van der Waals surface area contributed by atoms with Crippen molar-refractivity contribution >= 4 is 29.0 Å². The third-order valence-corrected chi connectivity index (χ3v) is 6.40. The summed E-state index contributed by atoms with van der Waals surface area (Å²) in [5.41, 5.74) is 4.23. The average molecular weight is 407 g/mol. The second-order valence-electron chi connectivity index (χ2n) is 7.22. The zero-order chi connectivity index (χ0) is 20.2. The SMILES string of the molecule is CC(=O)Nc1ccc(CN2CC[C@H](c3cccc(F)c3)Sc3ccccc32)cc1. The number of fused-ring (bicyclic) bond motifs is 1. The van der Waals surface area contributed by atoms with E-state index in [-0.39, 0.29) is 17.0 Å². The van der Waals surface area contributed by atoms with Gasteiger partial charge in [-0.2, -0.15) is 0 Å². The van der Waals surface area contributed by atoms with Gasteiger partial charge in [0.15, 0.2) is 0 Å². The summed E-state index contributed by atoms with van der Waals surface area (Å²) in [5, 5.41) is 3.02. The van der Waals surface area contributed by atoms with Gasteiger partial charge in [0.2, 0.25) is 5.91 Å². The number of carbonyl (C=O) groups excluding carboxylic acids is 1. The minimum absolute atomic E-state index is 0.0698. The summed E-state index contributed by atoms with van der Waals surface area (Å²) in [7, 11) is 0. The van der Waals surface area contributed by atoms with Crippen LogP contribution in [0.2, 0.25) is 0 Å². The van der Waals surface area contributed by atoms with Gasteiger partial charge in [-0.3, -0.25) is 4.79 Å². The maximum absolute atomic E-state index is 13.7. The fourth-order valence-corrected chi connectivity index (χ4v) is 4.93. The lowest BCUT2D eigenvalue weighted by molar-refractivity contribution is -0.114. The maximum atomic E-state index is 13.7. The van der Waals surface area contributed by atoms with E-state index >= 15 is 0 Å². The highest BCUT2D eigenvalue weighted by Gasteiger charge is 2.23. The van der Waals surface area contributed by atoms with Crippen LogP contribution in [0.15, 0.2) is 77.7 Å². The lowest BCUT2D eigenvalue weighted by atomic mass is 10.1. The molecule has 148 valence electrons. The molecule has 0 bridgehead atoms. The molecule has 3 aromatic rings. The van der Waals surface area contributed by atoms with Crippen LogP contribution in [-0.4, -0.2) is 12.5 Å². The number of hydrogen-bond donors (Lipinski definition) is 1. The van der Waals surface area contributed by atoms with Gasteiger partial charge in [-0.15, -0.1) is 11.8 Å². The van der Waals surface area contributed by atoms with E-state index in [1.54, 1.807) is 12.1 Å². The van der Waals surface area contributed by atoms with Gasteiger partial charge in [-0.25, -0.2) is 4.39 Å². The highest BCUT2D eigenvalue weighted by Crippen LogP contribution is 2.45. The number of nitrogens with one attached hydrogen (secondary N) is 1. The summed E-state index contributed by atoms with van der Waals surface area (Å²) in [5.74, 6) is -0.253. The van der Waals surface area contributed by atoms with Crippen LogP contribution in [-0.2, 0) is 11.3 Å². The van der Waals surface area contributed by atoms with E-state index in [0.717, 1.165) is 30.8 Å². The van der Waals surface area contributed by atoms with E-state index in [9.17, 15) is 9.18 Å². The van der Waals surface area contributed by atoms with Crippen molar-refractivity contribution in [3.05, 3.63) is 89.7 Å². The molecule has 1 aliphatic rings. The molecule has 0 radical (unpaired) electrons. The summed E-state index contributed by atoms with van der Waals surface area (Å²) in [6.07, 6.45) is 0.937. The van der Waals surface area contributed by atoms with E-state index in [0.29, 0.717) is 0 Å². The van der Waals surface area contributed by atoms with Crippen LogP contribution >= 0.6 is 11.8 Å². The van der Waals surface area contributed by atoms with Crippen LogP contribution in [0, 0.1) is 5.82 Å². The first-order valence-electron chi connectivity index (χ1n) is 9.71.